The molecule has 2 N–H and O–H groups in total. The van der Waals surface area contributed by atoms with Crippen LogP contribution in [0.2, 0.25) is 0 Å². The fourth-order valence-corrected chi connectivity index (χ4v) is 2.61. The highest BCUT2D eigenvalue weighted by atomic mass is 15.2. The van der Waals surface area contributed by atoms with Crippen LogP contribution in [0, 0.1) is 0 Å². The first-order valence-electron chi connectivity index (χ1n) is 6.77. The Hall–Kier alpha value is -1.77. The molecule has 1 heterocycles. The summed E-state index contributed by atoms with van der Waals surface area (Å²) in [5.74, 6) is 2.60. The van der Waals surface area contributed by atoms with E-state index in [1.165, 1.54) is 31.2 Å². The van der Waals surface area contributed by atoms with Gasteiger partial charge in [-0.1, -0.05) is 30.3 Å². The normalized spacial score (nSPS) is 19.1. The van der Waals surface area contributed by atoms with Gasteiger partial charge in [0.05, 0.1) is 5.69 Å². The van der Waals surface area contributed by atoms with Gasteiger partial charge in [-0.15, -0.1) is 0 Å². The van der Waals surface area contributed by atoms with Crippen molar-refractivity contribution in [1.82, 2.24) is 9.55 Å². The summed E-state index contributed by atoms with van der Waals surface area (Å²) in [6.45, 7) is 0. The van der Waals surface area contributed by atoms with Crippen LogP contribution in [-0.2, 0) is 0 Å². The molecule has 2 fully saturated rings. The Bertz CT molecular complexity index is 577. The van der Waals surface area contributed by atoms with Crippen molar-refractivity contribution in [2.24, 2.45) is 0 Å². The van der Waals surface area contributed by atoms with E-state index in [-0.39, 0.29) is 0 Å². The van der Waals surface area contributed by atoms with E-state index >= 15 is 0 Å². The Morgan fingerprint density at radius 2 is 1.78 bits per heavy atom. The summed E-state index contributed by atoms with van der Waals surface area (Å²) in [5.41, 5.74) is 8.65. The summed E-state index contributed by atoms with van der Waals surface area (Å²) in [5, 5.41) is 0. The number of rotatable bonds is 3. The molecule has 0 unspecified atom stereocenters. The van der Waals surface area contributed by atoms with E-state index in [0.29, 0.717) is 12.0 Å². The van der Waals surface area contributed by atoms with Gasteiger partial charge in [0.25, 0.3) is 0 Å². The van der Waals surface area contributed by atoms with Crippen molar-refractivity contribution >= 4 is 5.82 Å². The smallest absolute Gasteiger partial charge is 0.142 e. The Kier molecular flexibility index (Phi) is 2.04. The van der Waals surface area contributed by atoms with Crippen LogP contribution in [0.25, 0.3) is 11.4 Å². The van der Waals surface area contributed by atoms with Crippen molar-refractivity contribution in [2.75, 3.05) is 5.73 Å². The molecule has 0 saturated heterocycles. The van der Waals surface area contributed by atoms with Gasteiger partial charge in [-0.2, -0.15) is 0 Å². The topological polar surface area (TPSA) is 43.8 Å². The van der Waals surface area contributed by atoms with Crippen LogP contribution in [0.1, 0.15) is 43.3 Å². The van der Waals surface area contributed by atoms with Gasteiger partial charge in [-0.05, 0) is 25.7 Å². The zero-order valence-corrected chi connectivity index (χ0v) is 10.3. The largest absolute Gasteiger partial charge is 0.384 e. The number of benzene rings is 1. The Balaban J connectivity index is 1.88. The summed E-state index contributed by atoms with van der Waals surface area (Å²) in [6.07, 6.45) is 4.98. The van der Waals surface area contributed by atoms with E-state index in [1.807, 2.05) is 6.07 Å². The second-order valence-corrected chi connectivity index (χ2v) is 5.45. The number of nitrogens with two attached hydrogens (primary N) is 1. The molecular weight excluding hydrogens is 222 g/mol. The first kappa shape index (κ1) is 10.2. The maximum atomic E-state index is 6.32. The number of hydrogen-bond acceptors (Lipinski definition) is 2. The monoisotopic (exact) mass is 239 g/mol. The standard InChI is InChI=1S/C15H17N3/c16-14-13(10-6-7-10)17-15(18(14)12-8-9-12)11-4-2-1-3-5-11/h1-5,10,12H,6-9,16H2. The summed E-state index contributed by atoms with van der Waals surface area (Å²) in [7, 11) is 0. The lowest BCUT2D eigenvalue weighted by Gasteiger charge is -2.08. The fraction of sp³-hybridized carbons (Fsp3) is 0.400. The SMILES string of the molecule is Nc1c(C2CC2)nc(-c2ccccc2)n1C1CC1. The lowest BCUT2D eigenvalue weighted by molar-refractivity contribution is 0.759. The van der Waals surface area contributed by atoms with Crippen LogP contribution < -0.4 is 5.73 Å². The molecule has 0 bridgehead atoms. The predicted octanol–water partition coefficient (Wildman–Crippen LogP) is 3.34. The summed E-state index contributed by atoms with van der Waals surface area (Å²) in [4.78, 5) is 4.84. The molecule has 2 aromatic rings. The maximum Gasteiger partial charge on any atom is 0.142 e. The minimum absolute atomic E-state index is 0.584. The highest BCUT2D eigenvalue weighted by Crippen LogP contribution is 2.47. The van der Waals surface area contributed by atoms with E-state index in [2.05, 4.69) is 28.8 Å². The summed E-state index contributed by atoms with van der Waals surface area (Å²) < 4.78 is 2.27. The zero-order chi connectivity index (χ0) is 12.1. The van der Waals surface area contributed by atoms with Crippen molar-refractivity contribution in [2.45, 2.75) is 37.6 Å². The number of imidazole rings is 1. The lowest BCUT2D eigenvalue weighted by Crippen LogP contribution is -2.03. The molecule has 0 radical (unpaired) electrons. The molecule has 2 saturated carbocycles. The lowest BCUT2D eigenvalue weighted by atomic mass is 10.2. The summed E-state index contributed by atoms with van der Waals surface area (Å²) >= 11 is 0. The van der Waals surface area contributed by atoms with Gasteiger partial charge in [-0.3, -0.25) is 0 Å². The third-order valence-electron chi connectivity index (χ3n) is 3.88. The third kappa shape index (κ3) is 1.54. The van der Waals surface area contributed by atoms with Gasteiger partial charge in [0, 0.05) is 17.5 Å². The zero-order valence-electron chi connectivity index (χ0n) is 10.3. The van der Waals surface area contributed by atoms with Crippen molar-refractivity contribution in [3.8, 4) is 11.4 Å². The van der Waals surface area contributed by atoms with Gasteiger partial charge in [0.1, 0.15) is 11.6 Å². The second kappa shape index (κ2) is 3.61. The molecule has 0 amide bonds. The van der Waals surface area contributed by atoms with Crippen LogP contribution in [0.15, 0.2) is 30.3 Å². The first-order chi connectivity index (χ1) is 8.84. The van der Waals surface area contributed by atoms with Crippen LogP contribution >= 0.6 is 0 Å². The van der Waals surface area contributed by atoms with Crippen LogP contribution in [0.5, 0.6) is 0 Å². The fourth-order valence-electron chi connectivity index (χ4n) is 2.61. The highest BCUT2D eigenvalue weighted by Gasteiger charge is 2.35. The molecule has 4 rings (SSSR count). The molecule has 18 heavy (non-hydrogen) atoms. The number of aromatic nitrogens is 2. The van der Waals surface area contributed by atoms with Crippen molar-refractivity contribution in [1.29, 1.82) is 0 Å². The van der Waals surface area contributed by atoms with Crippen LogP contribution in [0.3, 0.4) is 0 Å². The van der Waals surface area contributed by atoms with Crippen molar-refractivity contribution in [3.05, 3.63) is 36.0 Å². The van der Waals surface area contributed by atoms with E-state index in [1.54, 1.807) is 0 Å². The number of nitrogens with zero attached hydrogens (tertiary/aromatic N) is 2. The highest BCUT2D eigenvalue weighted by molar-refractivity contribution is 5.62. The van der Waals surface area contributed by atoms with E-state index in [0.717, 1.165) is 17.3 Å². The molecule has 3 nitrogen and oxygen atoms in total. The van der Waals surface area contributed by atoms with E-state index in [4.69, 9.17) is 10.7 Å². The first-order valence-corrected chi connectivity index (χ1v) is 6.77. The molecule has 3 heteroatoms. The van der Waals surface area contributed by atoms with Gasteiger partial charge in [-0.25, -0.2) is 4.98 Å². The molecule has 0 atom stereocenters. The second-order valence-electron chi connectivity index (χ2n) is 5.45. The Morgan fingerprint density at radius 1 is 1.06 bits per heavy atom. The quantitative estimate of drug-likeness (QED) is 0.892. The Morgan fingerprint density at radius 3 is 2.39 bits per heavy atom. The predicted molar refractivity (Wildman–Crippen MR) is 72.3 cm³/mol. The molecule has 1 aromatic heterocycles. The third-order valence-corrected chi connectivity index (χ3v) is 3.88. The van der Waals surface area contributed by atoms with Crippen LogP contribution in [-0.4, -0.2) is 9.55 Å². The average molecular weight is 239 g/mol. The molecule has 2 aliphatic rings. The van der Waals surface area contributed by atoms with Crippen LogP contribution in [0.4, 0.5) is 5.82 Å². The minimum Gasteiger partial charge on any atom is -0.384 e. The van der Waals surface area contributed by atoms with Gasteiger partial charge in [0.2, 0.25) is 0 Å². The van der Waals surface area contributed by atoms with Crippen molar-refractivity contribution in [3.63, 3.8) is 0 Å². The molecule has 0 spiro atoms. The molecule has 1 aromatic carbocycles. The summed E-state index contributed by atoms with van der Waals surface area (Å²) in [6, 6.07) is 11.0. The van der Waals surface area contributed by atoms with E-state index in [9.17, 15) is 0 Å². The number of hydrogen-bond donors (Lipinski definition) is 1. The van der Waals surface area contributed by atoms with Gasteiger partial charge < -0.3 is 10.3 Å². The van der Waals surface area contributed by atoms with Gasteiger partial charge >= 0.3 is 0 Å². The molecular formula is C15H17N3. The van der Waals surface area contributed by atoms with Gasteiger partial charge in [0.15, 0.2) is 0 Å². The minimum atomic E-state index is 0.584. The number of anilines is 1. The Labute approximate surface area is 107 Å². The average Bonchev–Trinajstić information content (AvgIpc) is 3.30. The molecule has 2 aliphatic carbocycles. The molecule has 92 valence electrons. The van der Waals surface area contributed by atoms with Crippen molar-refractivity contribution < 1.29 is 0 Å². The van der Waals surface area contributed by atoms with E-state index < -0.39 is 0 Å². The maximum absolute atomic E-state index is 6.32. The molecule has 0 aliphatic heterocycles. The number of nitrogen functional groups attached to an aromatic ring is 1.